The average molecular weight is 268 g/mol. The van der Waals surface area contributed by atoms with Gasteiger partial charge in [-0.05, 0) is 38.0 Å². The molecule has 3 heteroatoms. The summed E-state index contributed by atoms with van der Waals surface area (Å²) >= 11 is 0. The fourth-order valence-corrected chi connectivity index (χ4v) is 3.78. The molecular formula is C16H32N2O. The van der Waals surface area contributed by atoms with E-state index in [1.165, 1.54) is 32.2 Å². The zero-order valence-corrected chi connectivity index (χ0v) is 13.4. The molecule has 0 spiro atoms. The molecule has 1 saturated heterocycles. The molecule has 0 aromatic heterocycles. The van der Waals surface area contributed by atoms with Gasteiger partial charge in [0, 0.05) is 38.3 Å². The van der Waals surface area contributed by atoms with Gasteiger partial charge in [-0.1, -0.05) is 20.8 Å². The highest BCUT2D eigenvalue weighted by atomic mass is 16.5. The number of nitrogens with one attached hydrogen (secondary N) is 1. The molecule has 1 N–H and O–H groups in total. The van der Waals surface area contributed by atoms with Gasteiger partial charge in [-0.25, -0.2) is 0 Å². The van der Waals surface area contributed by atoms with Crippen LogP contribution in [0.15, 0.2) is 0 Å². The highest BCUT2D eigenvalue weighted by Crippen LogP contribution is 2.33. The number of rotatable bonds is 2. The number of methoxy groups -OCH3 is 1. The van der Waals surface area contributed by atoms with Gasteiger partial charge < -0.3 is 10.1 Å². The molecule has 1 aliphatic carbocycles. The number of ether oxygens (including phenoxy) is 1. The Hall–Kier alpha value is -0.120. The van der Waals surface area contributed by atoms with Gasteiger partial charge in [0.05, 0.1) is 6.10 Å². The Morgan fingerprint density at radius 2 is 1.95 bits per heavy atom. The van der Waals surface area contributed by atoms with E-state index in [9.17, 15) is 0 Å². The van der Waals surface area contributed by atoms with E-state index < -0.39 is 0 Å². The van der Waals surface area contributed by atoms with Crippen LogP contribution >= 0.6 is 0 Å². The lowest BCUT2D eigenvalue weighted by Crippen LogP contribution is -2.63. The third kappa shape index (κ3) is 3.71. The van der Waals surface area contributed by atoms with Crippen LogP contribution in [0.3, 0.4) is 0 Å². The quantitative estimate of drug-likeness (QED) is 0.833. The summed E-state index contributed by atoms with van der Waals surface area (Å²) in [5.74, 6) is 0. The van der Waals surface area contributed by atoms with Crippen LogP contribution in [-0.4, -0.2) is 49.3 Å². The molecule has 2 rings (SSSR count). The molecule has 3 nitrogen and oxygen atoms in total. The molecule has 2 fully saturated rings. The maximum atomic E-state index is 5.62. The van der Waals surface area contributed by atoms with Gasteiger partial charge in [-0.15, -0.1) is 0 Å². The third-order valence-electron chi connectivity index (χ3n) is 4.95. The Morgan fingerprint density at radius 1 is 1.21 bits per heavy atom. The highest BCUT2D eigenvalue weighted by Gasteiger charge is 2.39. The van der Waals surface area contributed by atoms with Gasteiger partial charge in [-0.2, -0.15) is 0 Å². The zero-order valence-electron chi connectivity index (χ0n) is 13.4. The minimum atomic E-state index is 0.340. The minimum Gasteiger partial charge on any atom is -0.381 e. The first-order valence-electron chi connectivity index (χ1n) is 7.93. The van der Waals surface area contributed by atoms with Crippen LogP contribution in [0, 0.1) is 5.41 Å². The van der Waals surface area contributed by atoms with E-state index in [-0.39, 0.29) is 0 Å². The predicted molar refractivity (Wildman–Crippen MR) is 80.5 cm³/mol. The molecule has 0 amide bonds. The summed E-state index contributed by atoms with van der Waals surface area (Å²) in [6, 6.07) is 1.97. The normalized spacial score (nSPS) is 38.4. The van der Waals surface area contributed by atoms with Crippen molar-refractivity contribution in [3.8, 4) is 0 Å². The maximum absolute atomic E-state index is 5.62. The van der Waals surface area contributed by atoms with Gasteiger partial charge in [-0.3, -0.25) is 4.90 Å². The van der Waals surface area contributed by atoms with Gasteiger partial charge >= 0.3 is 0 Å². The Kier molecular flexibility index (Phi) is 4.91. The SMILES string of the molecule is COC1CCCC(N2CC(C)NCC2C(C)(C)C)C1. The van der Waals surface area contributed by atoms with Crippen molar-refractivity contribution in [1.29, 1.82) is 0 Å². The molecule has 1 aliphatic heterocycles. The van der Waals surface area contributed by atoms with Crippen molar-refractivity contribution in [2.45, 2.75) is 77.6 Å². The Morgan fingerprint density at radius 3 is 2.58 bits per heavy atom. The van der Waals surface area contributed by atoms with E-state index in [0.29, 0.717) is 29.6 Å². The van der Waals surface area contributed by atoms with Crippen molar-refractivity contribution < 1.29 is 4.74 Å². The zero-order chi connectivity index (χ0) is 14.0. The lowest BCUT2D eigenvalue weighted by atomic mass is 9.81. The van der Waals surface area contributed by atoms with Gasteiger partial charge in [0.25, 0.3) is 0 Å². The van der Waals surface area contributed by atoms with Crippen LogP contribution in [0.1, 0.15) is 53.4 Å². The highest BCUT2D eigenvalue weighted by molar-refractivity contribution is 4.95. The van der Waals surface area contributed by atoms with E-state index in [2.05, 4.69) is 37.9 Å². The second-order valence-corrected chi connectivity index (χ2v) is 7.57. The topological polar surface area (TPSA) is 24.5 Å². The van der Waals surface area contributed by atoms with Gasteiger partial charge in [0.1, 0.15) is 0 Å². The molecule has 0 radical (unpaired) electrons. The lowest BCUT2D eigenvalue weighted by molar-refractivity contribution is -0.0251. The summed E-state index contributed by atoms with van der Waals surface area (Å²) in [6.45, 7) is 11.7. The number of piperazine rings is 1. The lowest BCUT2D eigenvalue weighted by Gasteiger charge is -2.50. The predicted octanol–water partition coefficient (Wildman–Crippen LogP) is 2.65. The molecular weight excluding hydrogens is 236 g/mol. The number of nitrogens with zero attached hydrogens (tertiary/aromatic N) is 1. The summed E-state index contributed by atoms with van der Waals surface area (Å²) in [6.07, 6.45) is 5.60. The van der Waals surface area contributed by atoms with Gasteiger partial charge in [0.2, 0.25) is 0 Å². The summed E-state index contributed by atoms with van der Waals surface area (Å²) in [5.41, 5.74) is 0.340. The molecule has 4 unspecified atom stereocenters. The molecule has 1 heterocycles. The fourth-order valence-electron chi connectivity index (χ4n) is 3.78. The smallest absolute Gasteiger partial charge is 0.0586 e. The molecule has 19 heavy (non-hydrogen) atoms. The van der Waals surface area contributed by atoms with Crippen LogP contribution in [0.5, 0.6) is 0 Å². The van der Waals surface area contributed by atoms with Crippen LogP contribution in [0.2, 0.25) is 0 Å². The molecule has 4 atom stereocenters. The van der Waals surface area contributed by atoms with Gasteiger partial charge in [0.15, 0.2) is 0 Å². The molecule has 0 aromatic rings. The summed E-state index contributed by atoms with van der Waals surface area (Å²) < 4.78 is 5.62. The first-order valence-corrected chi connectivity index (χ1v) is 7.93. The number of hydrogen-bond donors (Lipinski definition) is 1. The van der Waals surface area contributed by atoms with Crippen molar-refractivity contribution in [3.63, 3.8) is 0 Å². The standard InChI is InChI=1S/C16H32N2O/c1-12-11-18(15(10-17-12)16(2,3)4)13-7-6-8-14(9-13)19-5/h12-15,17H,6-11H2,1-5H3. The van der Waals surface area contributed by atoms with E-state index >= 15 is 0 Å². The van der Waals surface area contributed by atoms with E-state index in [1.807, 2.05) is 7.11 Å². The van der Waals surface area contributed by atoms with Crippen LogP contribution in [-0.2, 0) is 4.74 Å². The largest absolute Gasteiger partial charge is 0.381 e. The molecule has 0 bridgehead atoms. The summed E-state index contributed by atoms with van der Waals surface area (Å²) in [5, 5.41) is 3.66. The first kappa shape index (κ1) is 15.3. The monoisotopic (exact) mass is 268 g/mol. The van der Waals surface area contributed by atoms with E-state index in [0.717, 1.165) is 6.54 Å². The van der Waals surface area contributed by atoms with Crippen molar-refractivity contribution in [3.05, 3.63) is 0 Å². The number of hydrogen-bond acceptors (Lipinski definition) is 3. The van der Waals surface area contributed by atoms with Crippen molar-refractivity contribution in [2.24, 2.45) is 5.41 Å². The third-order valence-corrected chi connectivity index (χ3v) is 4.95. The second kappa shape index (κ2) is 6.11. The maximum Gasteiger partial charge on any atom is 0.0586 e. The Labute approximate surface area is 119 Å². The molecule has 2 aliphatic rings. The second-order valence-electron chi connectivity index (χ2n) is 7.57. The first-order chi connectivity index (χ1) is 8.91. The van der Waals surface area contributed by atoms with Crippen LogP contribution in [0.4, 0.5) is 0 Å². The van der Waals surface area contributed by atoms with E-state index in [4.69, 9.17) is 4.74 Å². The molecule has 1 saturated carbocycles. The molecule has 112 valence electrons. The van der Waals surface area contributed by atoms with Crippen molar-refractivity contribution in [1.82, 2.24) is 10.2 Å². The van der Waals surface area contributed by atoms with Crippen LogP contribution in [0.25, 0.3) is 0 Å². The molecule has 0 aromatic carbocycles. The van der Waals surface area contributed by atoms with Crippen molar-refractivity contribution in [2.75, 3.05) is 20.2 Å². The van der Waals surface area contributed by atoms with Crippen molar-refractivity contribution >= 4 is 0 Å². The summed E-state index contributed by atoms with van der Waals surface area (Å²) in [4.78, 5) is 2.78. The summed E-state index contributed by atoms with van der Waals surface area (Å²) in [7, 11) is 1.87. The average Bonchev–Trinajstić information content (AvgIpc) is 2.37. The minimum absolute atomic E-state index is 0.340. The Balaban J connectivity index is 2.08. The Bertz CT molecular complexity index is 287. The fraction of sp³-hybridized carbons (Fsp3) is 1.00. The van der Waals surface area contributed by atoms with E-state index in [1.54, 1.807) is 0 Å². The van der Waals surface area contributed by atoms with Crippen LogP contribution < -0.4 is 5.32 Å².